The quantitative estimate of drug-likeness (QED) is 0.713. The Labute approximate surface area is 156 Å². The molecule has 0 aliphatic heterocycles. The van der Waals surface area contributed by atoms with Gasteiger partial charge in [0.1, 0.15) is 5.75 Å². The van der Waals surface area contributed by atoms with Gasteiger partial charge in [-0.1, -0.05) is 30.3 Å². The molecule has 1 fully saturated rings. The number of aliphatic hydroxyl groups excluding tert-OH is 1. The predicted molar refractivity (Wildman–Crippen MR) is 106 cm³/mol. The van der Waals surface area contributed by atoms with Gasteiger partial charge in [-0.3, -0.25) is 0 Å². The molecule has 1 aliphatic carbocycles. The molecule has 0 atom stereocenters. The summed E-state index contributed by atoms with van der Waals surface area (Å²) in [6.45, 7) is 0.897. The summed E-state index contributed by atoms with van der Waals surface area (Å²) in [5, 5.41) is 16.3. The third kappa shape index (κ3) is 4.64. The molecule has 3 rings (SSSR count). The highest BCUT2D eigenvalue weighted by Crippen LogP contribution is 2.28. The maximum absolute atomic E-state index is 9.21. The molecule has 2 aromatic carbocycles. The molecule has 1 saturated carbocycles. The summed E-state index contributed by atoms with van der Waals surface area (Å²) in [4.78, 5) is 0. The third-order valence-electron chi connectivity index (χ3n) is 5.47. The van der Waals surface area contributed by atoms with Crippen molar-refractivity contribution in [2.75, 3.05) is 14.2 Å². The predicted octanol–water partition coefficient (Wildman–Crippen LogP) is 3.47. The first-order valence-corrected chi connectivity index (χ1v) is 9.51. The van der Waals surface area contributed by atoms with Crippen molar-refractivity contribution in [3.05, 3.63) is 53.6 Å². The van der Waals surface area contributed by atoms with Gasteiger partial charge in [0, 0.05) is 24.2 Å². The number of aliphatic hydroxyl groups is 1. The molecule has 4 nitrogen and oxygen atoms in total. The standard InChI is InChI=1S/C22H30N2O2/c1-23-20-8-10-21(11-9-20)24-14-19-13-18(7-12-22(19)26-2)17-5-3-16(15-25)4-6-17/h3-7,12-13,20-21,23-25H,8-11,14-15H2,1-2H3. The van der Waals surface area contributed by atoms with Crippen LogP contribution in [0.1, 0.15) is 36.8 Å². The first kappa shape index (κ1) is 18.9. The van der Waals surface area contributed by atoms with Crippen molar-refractivity contribution < 1.29 is 9.84 Å². The lowest BCUT2D eigenvalue weighted by Gasteiger charge is -2.29. The molecule has 140 valence electrons. The Morgan fingerprint density at radius 3 is 2.23 bits per heavy atom. The molecular weight excluding hydrogens is 324 g/mol. The first-order chi connectivity index (χ1) is 12.7. The summed E-state index contributed by atoms with van der Waals surface area (Å²) in [6.07, 6.45) is 4.91. The number of hydrogen-bond donors (Lipinski definition) is 3. The molecule has 0 aromatic heterocycles. The summed E-state index contributed by atoms with van der Waals surface area (Å²) in [5.41, 5.74) is 4.44. The van der Waals surface area contributed by atoms with Crippen molar-refractivity contribution in [3.8, 4) is 16.9 Å². The zero-order chi connectivity index (χ0) is 18.4. The van der Waals surface area contributed by atoms with Crippen LogP contribution in [0, 0.1) is 0 Å². The summed E-state index contributed by atoms with van der Waals surface area (Å²) in [6, 6.07) is 15.7. The van der Waals surface area contributed by atoms with E-state index in [0.29, 0.717) is 12.1 Å². The minimum absolute atomic E-state index is 0.0772. The van der Waals surface area contributed by atoms with E-state index in [2.05, 4.69) is 41.9 Å². The smallest absolute Gasteiger partial charge is 0.123 e. The Hall–Kier alpha value is -1.88. The van der Waals surface area contributed by atoms with Gasteiger partial charge >= 0.3 is 0 Å². The van der Waals surface area contributed by atoms with Crippen LogP contribution >= 0.6 is 0 Å². The molecule has 0 spiro atoms. The number of hydrogen-bond acceptors (Lipinski definition) is 4. The minimum atomic E-state index is 0.0772. The first-order valence-electron chi connectivity index (χ1n) is 9.51. The lowest BCUT2D eigenvalue weighted by atomic mass is 9.91. The molecule has 3 N–H and O–H groups in total. The fraction of sp³-hybridized carbons (Fsp3) is 0.455. The summed E-state index contributed by atoms with van der Waals surface area (Å²) in [5.74, 6) is 0.928. The molecular formula is C22H30N2O2. The third-order valence-corrected chi connectivity index (χ3v) is 5.47. The van der Waals surface area contributed by atoms with Gasteiger partial charge in [0.25, 0.3) is 0 Å². The highest BCUT2D eigenvalue weighted by Gasteiger charge is 2.19. The van der Waals surface area contributed by atoms with Crippen molar-refractivity contribution >= 4 is 0 Å². The Morgan fingerprint density at radius 1 is 0.962 bits per heavy atom. The molecule has 0 bridgehead atoms. The molecule has 0 radical (unpaired) electrons. The summed E-state index contributed by atoms with van der Waals surface area (Å²) in [7, 11) is 3.79. The normalized spacial score (nSPS) is 20.1. The van der Waals surface area contributed by atoms with Crippen LogP contribution in [0.2, 0.25) is 0 Å². The van der Waals surface area contributed by atoms with Crippen LogP contribution in [-0.2, 0) is 13.2 Å². The van der Waals surface area contributed by atoms with E-state index in [0.717, 1.165) is 23.4 Å². The number of methoxy groups -OCH3 is 1. The van der Waals surface area contributed by atoms with Crippen LogP contribution in [0.4, 0.5) is 0 Å². The SMILES string of the molecule is CNC1CCC(NCc2cc(-c3ccc(CO)cc3)ccc2OC)CC1. The van der Waals surface area contributed by atoms with Crippen molar-refractivity contribution in [1.82, 2.24) is 10.6 Å². The van der Waals surface area contributed by atoms with Crippen LogP contribution in [0.5, 0.6) is 5.75 Å². The highest BCUT2D eigenvalue weighted by molar-refractivity contribution is 5.66. The van der Waals surface area contributed by atoms with Crippen LogP contribution < -0.4 is 15.4 Å². The Bertz CT molecular complexity index is 692. The number of rotatable bonds is 7. The minimum Gasteiger partial charge on any atom is -0.496 e. The van der Waals surface area contributed by atoms with Gasteiger partial charge in [0.05, 0.1) is 13.7 Å². The second-order valence-corrected chi connectivity index (χ2v) is 7.10. The molecule has 2 aromatic rings. The van der Waals surface area contributed by atoms with E-state index in [1.807, 2.05) is 18.2 Å². The van der Waals surface area contributed by atoms with Gasteiger partial charge in [-0.15, -0.1) is 0 Å². The molecule has 0 unspecified atom stereocenters. The van der Waals surface area contributed by atoms with Crippen molar-refractivity contribution in [1.29, 1.82) is 0 Å². The van der Waals surface area contributed by atoms with Crippen LogP contribution in [-0.4, -0.2) is 31.3 Å². The summed E-state index contributed by atoms with van der Waals surface area (Å²) < 4.78 is 5.56. The lowest BCUT2D eigenvalue weighted by molar-refractivity contribution is 0.282. The van der Waals surface area contributed by atoms with E-state index in [1.165, 1.54) is 36.8 Å². The van der Waals surface area contributed by atoms with Gasteiger partial charge in [0.2, 0.25) is 0 Å². The average Bonchev–Trinajstić information content (AvgIpc) is 2.72. The van der Waals surface area contributed by atoms with E-state index in [9.17, 15) is 5.11 Å². The fourth-order valence-corrected chi connectivity index (χ4v) is 3.74. The Balaban J connectivity index is 1.69. The second kappa shape index (κ2) is 9.17. The average molecular weight is 354 g/mol. The number of benzene rings is 2. The maximum Gasteiger partial charge on any atom is 0.123 e. The van der Waals surface area contributed by atoms with Gasteiger partial charge in [0.15, 0.2) is 0 Å². The molecule has 4 heteroatoms. The lowest BCUT2D eigenvalue weighted by Crippen LogP contribution is -2.38. The number of ether oxygens (including phenoxy) is 1. The van der Waals surface area contributed by atoms with Crippen LogP contribution in [0.15, 0.2) is 42.5 Å². The zero-order valence-electron chi connectivity index (χ0n) is 15.8. The van der Waals surface area contributed by atoms with E-state index in [4.69, 9.17) is 4.74 Å². The second-order valence-electron chi connectivity index (χ2n) is 7.10. The van der Waals surface area contributed by atoms with Crippen LogP contribution in [0.3, 0.4) is 0 Å². The monoisotopic (exact) mass is 354 g/mol. The van der Waals surface area contributed by atoms with Gasteiger partial charge in [-0.25, -0.2) is 0 Å². The highest BCUT2D eigenvalue weighted by atomic mass is 16.5. The number of nitrogens with one attached hydrogen (secondary N) is 2. The van der Waals surface area contributed by atoms with E-state index in [1.54, 1.807) is 7.11 Å². The van der Waals surface area contributed by atoms with E-state index >= 15 is 0 Å². The maximum atomic E-state index is 9.21. The van der Waals surface area contributed by atoms with Crippen LogP contribution in [0.25, 0.3) is 11.1 Å². The fourth-order valence-electron chi connectivity index (χ4n) is 3.74. The van der Waals surface area contributed by atoms with Gasteiger partial charge in [-0.2, -0.15) is 0 Å². The molecule has 0 amide bonds. The van der Waals surface area contributed by atoms with E-state index < -0.39 is 0 Å². The Kier molecular flexibility index (Phi) is 6.67. The van der Waals surface area contributed by atoms with Crippen molar-refractivity contribution in [2.24, 2.45) is 0 Å². The van der Waals surface area contributed by atoms with Gasteiger partial charge < -0.3 is 20.5 Å². The molecule has 0 saturated heterocycles. The topological polar surface area (TPSA) is 53.5 Å². The summed E-state index contributed by atoms with van der Waals surface area (Å²) >= 11 is 0. The van der Waals surface area contributed by atoms with Gasteiger partial charge in [-0.05, 0) is 61.6 Å². The molecule has 1 aliphatic rings. The molecule has 0 heterocycles. The van der Waals surface area contributed by atoms with E-state index in [-0.39, 0.29) is 6.61 Å². The van der Waals surface area contributed by atoms with Crippen molar-refractivity contribution in [3.63, 3.8) is 0 Å². The largest absolute Gasteiger partial charge is 0.496 e. The molecule has 26 heavy (non-hydrogen) atoms. The zero-order valence-corrected chi connectivity index (χ0v) is 15.8. The Morgan fingerprint density at radius 2 is 1.62 bits per heavy atom. The van der Waals surface area contributed by atoms with Crippen molar-refractivity contribution in [2.45, 2.75) is 50.9 Å².